The molecule has 2 N–H and O–H groups in total. The second-order valence-corrected chi connectivity index (χ2v) is 13.8. The molecule has 0 spiro atoms. The Morgan fingerprint density at radius 2 is 1.79 bits per heavy atom. The summed E-state index contributed by atoms with van der Waals surface area (Å²) in [6.07, 6.45) is 3.60. The first-order valence-electron chi connectivity index (χ1n) is 16.5. The van der Waals surface area contributed by atoms with Crippen LogP contribution in [0.3, 0.4) is 0 Å². The summed E-state index contributed by atoms with van der Waals surface area (Å²) < 4.78 is 51.3. The zero-order valence-electron chi connectivity index (χ0n) is 26.8. The number of likely N-dealkylation sites (tertiary alicyclic amines) is 2. The molecule has 0 radical (unpaired) electrons. The topological polar surface area (TPSA) is 104 Å². The van der Waals surface area contributed by atoms with Gasteiger partial charge in [-0.3, -0.25) is 19.3 Å². The molecule has 3 aromatic rings. The fraction of sp³-hybridized carbons (Fsp3) is 0.514. The van der Waals surface area contributed by atoms with Crippen molar-refractivity contribution in [1.82, 2.24) is 14.4 Å². The van der Waals surface area contributed by atoms with Crippen molar-refractivity contribution in [2.45, 2.75) is 75.5 Å². The van der Waals surface area contributed by atoms with Crippen LogP contribution in [0.2, 0.25) is 5.02 Å². The number of rotatable bonds is 9. The second kappa shape index (κ2) is 14.1. The first-order valence-corrected chi connectivity index (χ1v) is 16.9. The molecule has 3 aliphatic rings. The lowest BCUT2D eigenvalue weighted by Gasteiger charge is -2.35. The van der Waals surface area contributed by atoms with E-state index in [1.165, 1.54) is 6.07 Å². The van der Waals surface area contributed by atoms with E-state index in [2.05, 4.69) is 5.32 Å². The summed E-state index contributed by atoms with van der Waals surface area (Å²) in [5.41, 5.74) is 1.43. The summed E-state index contributed by atoms with van der Waals surface area (Å²) in [6, 6.07) is 9.39. The highest BCUT2D eigenvalue weighted by Crippen LogP contribution is 2.34. The summed E-state index contributed by atoms with van der Waals surface area (Å²) in [7, 11) is 1.83. The van der Waals surface area contributed by atoms with Gasteiger partial charge in [0.2, 0.25) is 5.91 Å². The number of benzene rings is 2. The normalized spacial score (nSPS) is 24.6. The van der Waals surface area contributed by atoms with Gasteiger partial charge in [0.25, 0.3) is 11.8 Å². The number of fused-ring (bicyclic) bond motifs is 1. The van der Waals surface area contributed by atoms with Gasteiger partial charge in [0.1, 0.15) is 5.82 Å². The molecule has 13 heteroatoms. The largest absolute Gasteiger partial charge is 0.481 e. The molecule has 6 rings (SSSR count). The standard InChI is InChI=1S/C35H40ClF3N4O5/c1-41-19-27(26-4-2-3-5-31(26)41)33(45)40-30-17-29(37)22(14-28(30)36)15-32(44)43-18-23(42-12-10-35(38,39)11-13-42)16-24(43)20-48-25-8-6-21(7-9-25)34(46)47/h2-5,14,17,19,21,23-25H,6-13,15-16,18,20H2,1H3,(H,40,45)(H,46,47)/t21-,23-,24-,25-/m0/s1. The van der Waals surface area contributed by atoms with Crippen molar-refractivity contribution in [2.24, 2.45) is 13.0 Å². The van der Waals surface area contributed by atoms with Crippen LogP contribution in [-0.4, -0.2) is 87.6 Å². The number of alkyl halides is 2. The Balaban J connectivity index is 1.13. The summed E-state index contributed by atoms with van der Waals surface area (Å²) in [6.45, 7) is 0.973. The molecule has 0 unspecified atom stereocenters. The lowest BCUT2D eigenvalue weighted by molar-refractivity contribution is -0.144. The lowest BCUT2D eigenvalue weighted by atomic mass is 9.87. The number of aliphatic carboxylic acids is 1. The van der Waals surface area contributed by atoms with Gasteiger partial charge in [-0.15, -0.1) is 0 Å². The highest BCUT2D eigenvalue weighted by Gasteiger charge is 2.42. The molecule has 1 saturated carbocycles. The van der Waals surface area contributed by atoms with Crippen LogP contribution < -0.4 is 5.32 Å². The molecule has 0 bridgehead atoms. The third-order valence-corrected chi connectivity index (χ3v) is 10.5. The molecule has 48 heavy (non-hydrogen) atoms. The first kappa shape index (κ1) is 34.3. The molecule has 2 aromatic carbocycles. The van der Waals surface area contributed by atoms with Gasteiger partial charge in [-0.25, -0.2) is 13.2 Å². The zero-order chi connectivity index (χ0) is 34.2. The van der Waals surface area contributed by atoms with Gasteiger partial charge < -0.3 is 24.6 Å². The highest BCUT2D eigenvalue weighted by molar-refractivity contribution is 6.34. The summed E-state index contributed by atoms with van der Waals surface area (Å²) >= 11 is 6.51. The van der Waals surface area contributed by atoms with Crippen LogP contribution >= 0.6 is 11.6 Å². The zero-order valence-corrected chi connectivity index (χ0v) is 27.5. The Kier molecular flexibility index (Phi) is 10.1. The number of para-hydroxylation sites is 1. The van der Waals surface area contributed by atoms with Crippen molar-refractivity contribution >= 4 is 46.0 Å². The number of amides is 2. The van der Waals surface area contributed by atoms with E-state index in [4.69, 9.17) is 16.3 Å². The smallest absolute Gasteiger partial charge is 0.306 e. The number of nitrogens with one attached hydrogen (secondary N) is 1. The number of carbonyl (C=O) groups excluding carboxylic acids is 2. The van der Waals surface area contributed by atoms with Gasteiger partial charge in [-0.05, 0) is 55.9 Å². The fourth-order valence-electron chi connectivity index (χ4n) is 7.36. The summed E-state index contributed by atoms with van der Waals surface area (Å²) in [5, 5.41) is 12.8. The number of carbonyl (C=O) groups is 3. The maximum Gasteiger partial charge on any atom is 0.306 e. The van der Waals surface area contributed by atoms with Gasteiger partial charge in [0.05, 0.1) is 47.4 Å². The van der Waals surface area contributed by atoms with Gasteiger partial charge in [-0.2, -0.15) is 0 Å². The van der Waals surface area contributed by atoms with Crippen molar-refractivity contribution < 1.29 is 37.4 Å². The maximum absolute atomic E-state index is 15.5. The number of carboxylic acid groups (broad SMARTS) is 1. The number of ether oxygens (including phenoxy) is 1. The van der Waals surface area contributed by atoms with Gasteiger partial charge >= 0.3 is 5.97 Å². The van der Waals surface area contributed by atoms with Crippen LogP contribution in [0.25, 0.3) is 10.9 Å². The Bertz CT molecular complexity index is 1680. The number of aromatic nitrogens is 1. The van der Waals surface area contributed by atoms with Gasteiger partial charge in [-0.1, -0.05) is 29.8 Å². The molecule has 2 aliphatic heterocycles. The molecule has 2 saturated heterocycles. The quantitative estimate of drug-likeness (QED) is 0.281. The molecule has 9 nitrogen and oxygen atoms in total. The summed E-state index contributed by atoms with van der Waals surface area (Å²) in [4.78, 5) is 41.9. The van der Waals surface area contributed by atoms with E-state index in [9.17, 15) is 28.3 Å². The number of carboxylic acids is 1. The van der Waals surface area contributed by atoms with Crippen molar-refractivity contribution in [2.75, 3.05) is 31.6 Å². The SMILES string of the molecule is Cn1cc(C(=O)Nc2cc(F)c(CC(=O)N3C[C@@H](N4CCC(F)(F)CC4)C[C@H]3CO[C@H]3CC[C@H](C(=O)O)CC3)cc2Cl)c2ccccc21. The van der Waals surface area contributed by atoms with E-state index in [0.29, 0.717) is 44.2 Å². The van der Waals surface area contributed by atoms with Crippen molar-refractivity contribution in [1.29, 1.82) is 0 Å². The van der Waals surface area contributed by atoms with E-state index in [1.807, 2.05) is 40.8 Å². The minimum absolute atomic E-state index is 0.0703. The van der Waals surface area contributed by atoms with E-state index < -0.39 is 23.6 Å². The van der Waals surface area contributed by atoms with E-state index in [1.54, 1.807) is 11.1 Å². The van der Waals surface area contributed by atoms with Crippen molar-refractivity contribution in [3.63, 3.8) is 0 Å². The third-order valence-electron chi connectivity index (χ3n) is 10.2. The lowest BCUT2D eigenvalue weighted by Crippen LogP contribution is -2.46. The molecule has 1 aromatic heterocycles. The molecule has 3 fully saturated rings. The number of piperidine rings is 1. The third kappa shape index (κ3) is 7.50. The average molecular weight is 689 g/mol. The molecular weight excluding hydrogens is 649 g/mol. The van der Waals surface area contributed by atoms with Crippen LogP contribution in [0.5, 0.6) is 0 Å². The van der Waals surface area contributed by atoms with E-state index in [0.717, 1.165) is 17.0 Å². The number of nitrogens with zero attached hydrogens (tertiary/aromatic N) is 3. The number of hydrogen-bond acceptors (Lipinski definition) is 5. The monoisotopic (exact) mass is 688 g/mol. The number of halogens is 4. The summed E-state index contributed by atoms with van der Waals surface area (Å²) in [5.74, 6) is -5.36. The number of anilines is 1. The molecule has 2 atom stereocenters. The predicted molar refractivity (Wildman–Crippen MR) is 175 cm³/mol. The fourth-order valence-corrected chi connectivity index (χ4v) is 7.59. The van der Waals surface area contributed by atoms with Crippen LogP contribution in [0.15, 0.2) is 42.6 Å². The Morgan fingerprint density at radius 3 is 2.50 bits per heavy atom. The second-order valence-electron chi connectivity index (χ2n) is 13.4. The van der Waals surface area contributed by atoms with Crippen LogP contribution in [0, 0.1) is 11.7 Å². The van der Waals surface area contributed by atoms with Crippen molar-refractivity contribution in [3.8, 4) is 0 Å². The van der Waals surface area contributed by atoms with Crippen molar-refractivity contribution in [3.05, 3.63) is 64.6 Å². The minimum Gasteiger partial charge on any atom is -0.481 e. The Morgan fingerprint density at radius 1 is 1.08 bits per heavy atom. The average Bonchev–Trinajstić information content (AvgIpc) is 3.64. The number of aryl methyl sites for hydroxylation is 1. The minimum atomic E-state index is -2.70. The van der Waals surface area contributed by atoms with E-state index in [-0.39, 0.29) is 85.2 Å². The Hall–Kier alpha value is -3.61. The highest BCUT2D eigenvalue weighted by atomic mass is 35.5. The molecular formula is C35H40ClF3N4O5. The van der Waals surface area contributed by atoms with Crippen LogP contribution in [0.4, 0.5) is 18.9 Å². The molecule has 3 heterocycles. The molecule has 1 aliphatic carbocycles. The van der Waals surface area contributed by atoms with Gasteiger partial charge in [0.15, 0.2) is 0 Å². The van der Waals surface area contributed by atoms with Crippen LogP contribution in [0.1, 0.15) is 60.9 Å². The maximum atomic E-state index is 15.5. The van der Waals surface area contributed by atoms with E-state index >= 15 is 4.39 Å². The molecule has 2 amide bonds. The van der Waals surface area contributed by atoms with Gasteiger partial charge in [0, 0.05) is 62.7 Å². The molecule has 258 valence electrons. The number of hydrogen-bond donors (Lipinski definition) is 2. The Labute approximate surface area is 281 Å². The van der Waals surface area contributed by atoms with Crippen LogP contribution in [-0.2, 0) is 27.8 Å². The first-order chi connectivity index (χ1) is 22.9. The predicted octanol–water partition coefficient (Wildman–Crippen LogP) is 6.13.